The number of carbonyl (C=O) groups excluding carboxylic acids is 2. The molecule has 1 aliphatic heterocycles. The summed E-state index contributed by atoms with van der Waals surface area (Å²) in [4.78, 5) is 24.7. The molecule has 2 amide bonds. The Kier molecular flexibility index (Phi) is 4.73. The van der Waals surface area contributed by atoms with Crippen LogP contribution in [0, 0.1) is 11.8 Å². The molecule has 0 aromatic heterocycles. The van der Waals surface area contributed by atoms with Crippen molar-refractivity contribution >= 4 is 11.8 Å². The number of amides is 2. The number of primary amides is 1. The van der Waals surface area contributed by atoms with E-state index in [0.29, 0.717) is 32.5 Å². The number of hydrogen-bond acceptors (Lipinski definition) is 3. The molecule has 1 atom stereocenters. The molecule has 1 fully saturated rings. The SMILES string of the molecule is CCC(CN)C(=O)N1CCC(C(N)=O)CC1. The Morgan fingerprint density at radius 1 is 1.38 bits per heavy atom. The van der Waals surface area contributed by atoms with Crippen LogP contribution in [0.2, 0.25) is 0 Å². The summed E-state index contributed by atoms with van der Waals surface area (Å²) in [5.74, 6) is -0.280. The zero-order valence-electron chi connectivity index (χ0n) is 9.82. The van der Waals surface area contributed by atoms with Gasteiger partial charge in [0.05, 0.1) is 5.92 Å². The highest BCUT2D eigenvalue weighted by Gasteiger charge is 2.28. The smallest absolute Gasteiger partial charge is 0.226 e. The minimum absolute atomic E-state index is 0.0676. The van der Waals surface area contributed by atoms with Crippen molar-refractivity contribution in [3.05, 3.63) is 0 Å². The standard InChI is InChI=1S/C11H21N3O2/c1-2-8(7-12)11(16)14-5-3-9(4-6-14)10(13)15/h8-9H,2-7,12H2,1H3,(H2,13,15). The van der Waals surface area contributed by atoms with E-state index >= 15 is 0 Å². The van der Waals surface area contributed by atoms with Crippen LogP contribution in [0.3, 0.4) is 0 Å². The van der Waals surface area contributed by atoms with Crippen LogP contribution in [0.5, 0.6) is 0 Å². The highest BCUT2D eigenvalue weighted by molar-refractivity contribution is 5.80. The van der Waals surface area contributed by atoms with Gasteiger partial charge < -0.3 is 16.4 Å². The first kappa shape index (κ1) is 13.0. The number of piperidine rings is 1. The molecule has 1 unspecified atom stereocenters. The minimum atomic E-state index is -0.252. The van der Waals surface area contributed by atoms with Crippen LogP contribution >= 0.6 is 0 Å². The zero-order chi connectivity index (χ0) is 12.1. The Bertz CT molecular complexity index is 256. The highest BCUT2D eigenvalue weighted by Crippen LogP contribution is 2.18. The normalized spacial score (nSPS) is 19.5. The fourth-order valence-electron chi connectivity index (χ4n) is 2.08. The van der Waals surface area contributed by atoms with Gasteiger partial charge in [0.25, 0.3) is 0 Å². The van der Waals surface area contributed by atoms with Gasteiger partial charge in [0, 0.05) is 25.6 Å². The molecule has 16 heavy (non-hydrogen) atoms. The van der Waals surface area contributed by atoms with Crippen molar-refractivity contribution in [2.24, 2.45) is 23.3 Å². The van der Waals surface area contributed by atoms with E-state index < -0.39 is 0 Å². The highest BCUT2D eigenvalue weighted by atomic mass is 16.2. The van der Waals surface area contributed by atoms with Gasteiger partial charge in [-0.25, -0.2) is 0 Å². The molecule has 4 N–H and O–H groups in total. The van der Waals surface area contributed by atoms with E-state index in [9.17, 15) is 9.59 Å². The summed E-state index contributed by atoms with van der Waals surface area (Å²) in [7, 11) is 0. The molecule has 92 valence electrons. The molecule has 0 spiro atoms. The molecule has 0 aromatic carbocycles. The number of rotatable bonds is 4. The van der Waals surface area contributed by atoms with Crippen LogP contribution < -0.4 is 11.5 Å². The Morgan fingerprint density at radius 3 is 2.31 bits per heavy atom. The Labute approximate surface area is 96.1 Å². The lowest BCUT2D eigenvalue weighted by Crippen LogP contribution is -2.45. The zero-order valence-corrected chi connectivity index (χ0v) is 9.82. The van der Waals surface area contributed by atoms with Crippen LogP contribution in [-0.4, -0.2) is 36.3 Å². The fraction of sp³-hybridized carbons (Fsp3) is 0.818. The maximum absolute atomic E-state index is 12.0. The summed E-state index contributed by atoms with van der Waals surface area (Å²) in [6.45, 7) is 3.61. The van der Waals surface area contributed by atoms with Crippen molar-refractivity contribution in [3.63, 3.8) is 0 Å². The number of nitrogens with zero attached hydrogens (tertiary/aromatic N) is 1. The lowest BCUT2D eigenvalue weighted by atomic mass is 9.95. The third-order valence-electron chi connectivity index (χ3n) is 3.34. The molecule has 0 saturated carbocycles. The van der Waals surface area contributed by atoms with E-state index in [-0.39, 0.29) is 23.7 Å². The third-order valence-corrected chi connectivity index (χ3v) is 3.34. The molecule has 0 bridgehead atoms. The van der Waals surface area contributed by atoms with Crippen molar-refractivity contribution in [1.29, 1.82) is 0 Å². The van der Waals surface area contributed by atoms with E-state index in [4.69, 9.17) is 11.5 Å². The summed E-state index contributed by atoms with van der Waals surface area (Å²) < 4.78 is 0. The summed E-state index contributed by atoms with van der Waals surface area (Å²) in [5, 5.41) is 0. The molecule has 1 heterocycles. The van der Waals surface area contributed by atoms with Crippen LogP contribution in [0.15, 0.2) is 0 Å². The molecule has 1 rings (SSSR count). The molecule has 5 heteroatoms. The van der Waals surface area contributed by atoms with Crippen molar-refractivity contribution in [1.82, 2.24) is 4.90 Å². The first-order chi connectivity index (χ1) is 7.60. The Morgan fingerprint density at radius 2 is 1.94 bits per heavy atom. The third kappa shape index (κ3) is 2.95. The monoisotopic (exact) mass is 227 g/mol. The summed E-state index contributed by atoms with van der Waals surface area (Å²) in [5.41, 5.74) is 10.8. The van der Waals surface area contributed by atoms with Gasteiger partial charge in [-0.2, -0.15) is 0 Å². The fourth-order valence-corrected chi connectivity index (χ4v) is 2.08. The van der Waals surface area contributed by atoms with Gasteiger partial charge in [0.2, 0.25) is 11.8 Å². The summed E-state index contributed by atoms with van der Waals surface area (Å²) >= 11 is 0. The predicted molar refractivity (Wildman–Crippen MR) is 61.3 cm³/mol. The molecular weight excluding hydrogens is 206 g/mol. The summed E-state index contributed by atoms with van der Waals surface area (Å²) in [6.07, 6.45) is 2.13. The van der Waals surface area contributed by atoms with E-state index in [0.717, 1.165) is 6.42 Å². The molecule has 1 aliphatic rings. The van der Waals surface area contributed by atoms with Gasteiger partial charge >= 0.3 is 0 Å². The van der Waals surface area contributed by atoms with Gasteiger partial charge in [-0.3, -0.25) is 9.59 Å². The number of hydrogen-bond donors (Lipinski definition) is 2. The van der Waals surface area contributed by atoms with E-state index in [1.165, 1.54) is 0 Å². The van der Waals surface area contributed by atoms with Crippen molar-refractivity contribution < 1.29 is 9.59 Å². The van der Waals surface area contributed by atoms with Crippen LogP contribution in [0.1, 0.15) is 26.2 Å². The molecule has 0 aromatic rings. The molecule has 5 nitrogen and oxygen atoms in total. The Balaban J connectivity index is 2.47. The number of nitrogens with two attached hydrogens (primary N) is 2. The quantitative estimate of drug-likeness (QED) is 0.690. The molecule has 1 saturated heterocycles. The number of carbonyl (C=O) groups is 2. The Hall–Kier alpha value is -1.10. The van der Waals surface area contributed by atoms with E-state index in [1.807, 2.05) is 6.92 Å². The second-order valence-electron chi connectivity index (χ2n) is 4.34. The largest absolute Gasteiger partial charge is 0.369 e. The van der Waals surface area contributed by atoms with E-state index in [1.54, 1.807) is 4.90 Å². The maximum atomic E-state index is 12.0. The second kappa shape index (κ2) is 5.84. The van der Waals surface area contributed by atoms with Crippen molar-refractivity contribution in [3.8, 4) is 0 Å². The molecule has 0 radical (unpaired) electrons. The van der Waals surface area contributed by atoms with Gasteiger partial charge in [-0.1, -0.05) is 6.92 Å². The van der Waals surface area contributed by atoms with Crippen molar-refractivity contribution in [2.75, 3.05) is 19.6 Å². The maximum Gasteiger partial charge on any atom is 0.226 e. The van der Waals surface area contributed by atoms with Gasteiger partial charge in [-0.15, -0.1) is 0 Å². The average Bonchev–Trinajstić information content (AvgIpc) is 2.30. The molecular formula is C11H21N3O2. The first-order valence-electron chi connectivity index (χ1n) is 5.88. The lowest BCUT2D eigenvalue weighted by molar-refractivity contribution is -0.138. The average molecular weight is 227 g/mol. The van der Waals surface area contributed by atoms with Gasteiger partial charge in [0.15, 0.2) is 0 Å². The van der Waals surface area contributed by atoms with E-state index in [2.05, 4.69) is 0 Å². The lowest BCUT2D eigenvalue weighted by Gasteiger charge is -2.32. The predicted octanol–water partition coefficient (Wildman–Crippen LogP) is -0.305. The van der Waals surface area contributed by atoms with Crippen LogP contribution in [0.25, 0.3) is 0 Å². The van der Waals surface area contributed by atoms with Gasteiger partial charge in [-0.05, 0) is 19.3 Å². The minimum Gasteiger partial charge on any atom is -0.369 e. The summed E-state index contributed by atoms with van der Waals surface area (Å²) in [6, 6.07) is 0. The second-order valence-corrected chi connectivity index (χ2v) is 4.34. The topological polar surface area (TPSA) is 89.4 Å². The van der Waals surface area contributed by atoms with Gasteiger partial charge in [0.1, 0.15) is 0 Å². The van der Waals surface area contributed by atoms with Crippen LogP contribution in [-0.2, 0) is 9.59 Å². The van der Waals surface area contributed by atoms with Crippen molar-refractivity contribution in [2.45, 2.75) is 26.2 Å². The molecule has 0 aliphatic carbocycles. The van der Waals surface area contributed by atoms with Crippen LogP contribution in [0.4, 0.5) is 0 Å². The number of likely N-dealkylation sites (tertiary alicyclic amines) is 1. The first-order valence-corrected chi connectivity index (χ1v) is 5.88.